The van der Waals surface area contributed by atoms with E-state index in [1.54, 1.807) is 12.1 Å². The number of thioether (sulfide) groups is 1. The Bertz CT molecular complexity index is 1240. The zero-order valence-electron chi connectivity index (χ0n) is 17.3. The molecule has 0 unspecified atom stereocenters. The summed E-state index contributed by atoms with van der Waals surface area (Å²) < 4.78 is 1.88. The summed E-state index contributed by atoms with van der Waals surface area (Å²) in [6.45, 7) is 2.06. The molecule has 4 rings (SSSR count). The van der Waals surface area contributed by atoms with Crippen molar-refractivity contribution in [2.24, 2.45) is 0 Å². The summed E-state index contributed by atoms with van der Waals surface area (Å²) in [5.41, 5.74) is 3.51. The maximum Gasteiger partial charge on any atom is 0.234 e. The summed E-state index contributed by atoms with van der Waals surface area (Å²) in [6, 6.07) is 22.6. The Morgan fingerprint density at radius 2 is 1.69 bits per heavy atom. The fourth-order valence-corrected chi connectivity index (χ4v) is 4.37. The van der Waals surface area contributed by atoms with Crippen molar-refractivity contribution in [3.63, 3.8) is 0 Å². The molecule has 162 valence electrons. The van der Waals surface area contributed by atoms with Gasteiger partial charge >= 0.3 is 0 Å². The van der Waals surface area contributed by atoms with Gasteiger partial charge in [-0.05, 0) is 54.4 Å². The fraction of sp³-hybridized carbons (Fsp3) is 0.125. The second kappa shape index (κ2) is 10.2. The van der Waals surface area contributed by atoms with Gasteiger partial charge in [-0.25, -0.2) is 0 Å². The number of carbonyl (C=O) groups excluding carboxylic acids is 1. The highest BCUT2D eigenvalue weighted by Gasteiger charge is 2.19. The van der Waals surface area contributed by atoms with Crippen LogP contribution in [0.2, 0.25) is 10.0 Å². The minimum Gasteiger partial charge on any atom is -0.325 e. The Kier molecular flexibility index (Phi) is 7.15. The molecule has 4 aromatic rings. The van der Waals surface area contributed by atoms with E-state index < -0.39 is 0 Å². The molecule has 0 bridgehead atoms. The van der Waals surface area contributed by atoms with Crippen LogP contribution in [-0.2, 0) is 11.2 Å². The summed E-state index contributed by atoms with van der Waals surface area (Å²) in [7, 11) is 0. The lowest BCUT2D eigenvalue weighted by Crippen LogP contribution is -2.15. The van der Waals surface area contributed by atoms with Crippen LogP contribution in [0.5, 0.6) is 0 Å². The number of hydrogen-bond donors (Lipinski definition) is 1. The Hall–Kier alpha value is -2.80. The lowest BCUT2D eigenvalue weighted by atomic mass is 10.1. The molecule has 0 aliphatic heterocycles. The molecule has 0 radical (unpaired) electrons. The number of hydrogen-bond acceptors (Lipinski definition) is 4. The molecule has 0 atom stereocenters. The molecule has 5 nitrogen and oxygen atoms in total. The summed E-state index contributed by atoms with van der Waals surface area (Å²) >= 11 is 13.8. The second-order valence-corrected chi connectivity index (χ2v) is 8.73. The average molecular weight is 483 g/mol. The second-order valence-electron chi connectivity index (χ2n) is 6.95. The van der Waals surface area contributed by atoms with Crippen LogP contribution >= 0.6 is 35.0 Å². The standard InChI is InChI=1S/C24H20Cl2N4OS/c1-2-16-7-3-6-10-21(16)27-22(31)15-32-24-29-28-23(19-8-4-5-9-20(19)26)30(24)18-13-11-17(25)12-14-18/h3-14H,2,15H2,1H3,(H,27,31). The Morgan fingerprint density at radius 3 is 2.44 bits per heavy atom. The summed E-state index contributed by atoms with van der Waals surface area (Å²) in [5, 5.41) is 13.5. The number of halogens is 2. The predicted octanol–water partition coefficient (Wildman–Crippen LogP) is 6.53. The van der Waals surface area contributed by atoms with Crippen LogP contribution in [-0.4, -0.2) is 26.4 Å². The lowest BCUT2D eigenvalue weighted by molar-refractivity contribution is -0.113. The molecule has 8 heteroatoms. The average Bonchev–Trinajstić information content (AvgIpc) is 3.22. The van der Waals surface area contributed by atoms with Gasteiger partial charge in [0.1, 0.15) is 0 Å². The van der Waals surface area contributed by atoms with E-state index in [1.165, 1.54) is 11.8 Å². The molecule has 0 spiro atoms. The van der Waals surface area contributed by atoms with Crippen LogP contribution in [0, 0.1) is 0 Å². The highest BCUT2D eigenvalue weighted by Crippen LogP contribution is 2.32. The van der Waals surface area contributed by atoms with E-state index in [-0.39, 0.29) is 11.7 Å². The molecule has 1 heterocycles. The van der Waals surface area contributed by atoms with Gasteiger partial charge in [-0.1, -0.05) is 72.2 Å². The molecular weight excluding hydrogens is 463 g/mol. The maximum absolute atomic E-state index is 12.6. The van der Waals surface area contributed by atoms with Crippen molar-refractivity contribution in [2.75, 3.05) is 11.1 Å². The molecule has 0 saturated heterocycles. The van der Waals surface area contributed by atoms with E-state index in [4.69, 9.17) is 23.2 Å². The van der Waals surface area contributed by atoms with Crippen LogP contribution in [0.1, 0.15) is 12.5 Å². The van der Waals surface area contributed by atoms with Gasteiger partial charge < -0.3 is 5.32 Å². The number of anilines is 1. The van der Waals surface area contributed by atoms with Crippen LogP contribution in [0.3, 0.4) is 0 Å². The van der Waals surface area contributed by atoms with Gasteiger partial charge in [0, 0.05) is 22.0 Å². The van der Waals surface area contributed by atoms with E-state index in [0.29, 0.717) is 21.0 Å². The molecule has 1 amide bonds. The van der Waals surface area contributed by atoms with Crippen molar-refractivity contribution in [2.45, 2.75) is 18.5 Å². The number of nitrogens with zero attached hydrogens (tertiary/aromatic N) is 3. The van der Waals surface area contributed by atoms with E-state index in [9.17, 15) is 4.79 Å². The molecule has 1 N–H and O–H groups in total. The highest BCUT2D eigenvalue weighted by atomic mass is 35.5. The number of nitrogens with one attached hydrogen (secondary N) is 1. The van der Waals surface area contributed by atoms with Crippen molar-refractivity contribution in [1.82, 2.24) is 14.8 Å². The fourth-order valence-electron chi connectivity index (χ4n) is 3.27. The summed E-state index contributed by atoms with van der Waals surface area (Å²) in [5.74, 6) is 0.671. The number of benzene rings is 3. The number of rotatable bonds is 7. The topological polar surface area (TPSA) is 59.8 Å². The molecule has 0 aliphatic carbocycles. The third kappa shape index (κ3) is 4.99. The van der Waals surface area contributed by atoms with Gasteiger partial charge in [0.05, 0.1) is 10.8 Å². The first-order valence-corrected chi connectivity index (χ1v) is 11.8. The number of para-hydroxylation sites is 1. The SMILES string of the molecule is CCc1ccccc1NC(=O)CSc1nnc(-c2ccccc2Cl)n1-c1ccc(Cl)cc1. The minimum atomic E-state index is -0.110. The summed E-state index contributed by atoms with van der Waals surface area (Å²) in [6.07, 6.45) is 0.843. The first-order chi connectivity index (χ1) is 15.6. The van der Waals surface area contributed by atoms with E-state index in [1.807, 2.05) is 65.2 Å². The number of amides is 1. The zero-order valence-corrected chi connectivity index (χ0v) is 19.6. The van der Waals surface area contributed by atoms with Crippen molar-refractivity contribution in [3.8, 4) is 17.1 Å². The quantitative estimate of drug-likeness (QED) is 0.304. The monoisotopic (exact) mass is 482 g/mol. The molecule has 3 aromatic carbocycles. The van der Waals surface area contributed by atoms with E-state index in [0.717, 1.165) is 28.9 Å². The normalized spacial score (nSPS) is 10.8. The largest absolute Gasteiger partial charge is 0.325 e. The molecule has 0 saturated carbocycles. The predicted molar refractivity (Wildman–Crippen MR) is 132 cm³/mol. The number of aryl methyl sites for hydroxylation is 1. The third-order valence-corrected chi connectivity index (χ3v) is 6.35. The van der Waals surface area contributed by atoms with E-state index in [2.05, 4.69) is 22.4 Å². The Morgan fingerprint density at radius 1 is 0.969 bits per heavy atom. The van der Waals surface area contributed by atoms with Gasteiger partial charge in [-0.3, -0.25) is 9.36 Å². The smallest absolute Gasteiger partial charge is 0.234 e. The van der Waals surface area contributed by atoms with E-state index >= 15 is 0 Å². The van der Waals surface area contributed by atoms with Gasteiger partial charge in [0.2, 0.25) is 5.91 Å². The highest BCUT2D eigenvalue weighted by molar-refractivity contribution is 7.99. The number of aromatic nitrogens is 3. The number of carbonyl (C=O) groups is 1. The zero-order chi connectivity index (χ0) is 22.5. The Balaban J connectivity index is 1.62. The first kappa shape index (κ1) is 22.4. The van der Waals surface area contributed by atoms with Crippen LogP contribution < -0.4 is 5.32 Å². The van der Waals surface area contributed by atoms with Crippen LogP contribution in [0.25, 0.3) is 17.1 Å². The van der Waals surface area contributed by atoms with Gasteiger partial charge in [-0.15, -0.1) is 10.2 Å². The van der Waals surface area contributed by atoms with Crippen molar-refractivity contribution in [3.05, 3.63) is 88.4 Å². The first-order valence-electron chi connectivity index (χ1n) is 10.0. The Labute approximate surface area is 200 Å². The molecule has 1 aromatic heterocycles. The van der Waals surface area contributed by atoms with Crippen molar-refractivity contribution < 1.29 is 4.79 Å². The third-order valence-electron chi connectivity index (χ3n) is 4.84. The van der Waals surface area contributed by atoms with Gasteiger partial charge in [0.25, 0.3) is 0 Å². The lowest BCUT2D eigenvalue weighted by Gasteiger charge is -2.12. The van der Waals surface area contributed by atoms with Crippen molar-refractivity contribution >= 4 is 46.6 Å². The molecular formula is C24H20Cl2N4OS. The maximum atomic E-state index is 12.6. The molecule has 0 aliphatic rings. The summed E-state index contributed by atoms with van der Waals surface area (Å²) in [4.78, 5) is 12.6. The minimum absolute atomic E-state index is 0.110. The van der Waals surface area contributed by atoms with Crippen LogP contribution in [0.4, 0.5) is 5.69 Å². The van der Waals surface area contributed by atoms with Crippen molar-refractivity contribution in [1.29, 1.82) is 0 Å². The molecule has 32 heavy (non-hydrogen) atoms. The molecule has 0 fully saturated rings. The van der Waals surface area contributed by atoms with Crippen LogP contribution in [0.15, 0.2) is 78.0 Å². The van der Waals surface area contributed by atoms with Gasteiger partial charge in [-0.2, -0.15) is 0 Å². The van der Waals surface area contributed by atoms with Gasteiger partial charge in [0.15, 0.2) is 11.0 Å².